The Kier molecular flexibility index (Phi) is 11.5. The maximum atomic E-state index is 14.0. The third kappa shape index (κ3) is 7.11. The first-order chi connectivity index (χ1) is 14.4. The van der Waals surface area contributed by atoms with E-state index in [9.17, 15) is 19.1 Å². The average Bonchev–Trinajstić information content (AvgIpc) is 3.09. The van der Waals surface area contributed by atoms with Crippen molar-refractivity contribution < 1.29 is 19.1 Å². The molecule has 0 spiro atoms. The molecule has 1 saturated heterocycles. The molecule has 1 aliphatic heterocycles. The number of halogens is 3. The van der Waals surface area contributed by atoms with Gasteiger partial charge in [0, 0.05) is 23.9 Å². The zero-order chi connectivity index (χ0) is 21.7. The third-order valence-electron chi connectivity index (χ3n) is 5.13. The zero-order valence-electron chi connectivity index (χ0n) is 17.9. The van der Waals surface area contributed by atoms with Crippen molar-refractivity contribution in [2.24, 2.45) is 0 Å². The normalized spacial score (nSPS) is 16.3. The van der Waals surface area contributed by atoms with Gasteiger partial charge in [0.15, 0.2) is 0 Å². The summed E-state index contributed by atoms with van der Waals surface area (Å²) in [5, 5.41) is 18.5. The van der Waals surface area contributed by atoms with Gasteiger partial charge >= 0.3 is 11.8 Å². The molecular weight excluding hydrogens is 478 g/mol. The molecule has 0 aliphatic carbocycles. The van der Waals surface area contributed by atoms with Crippen molar-refractivity contribution in [3.05, 3.63) is 45.2 Å². The van der Waals surface area contributed by atoms with Crippen LogP contribution in [-0.2, 0) is 16.0 Å². The maximum Gasteiger partial charge on any atom is 0.313 e. The number of carbonyl (C=O) groups excluding carboxylic acids is 2. The minimum absolute atomic E-state index is 0. The van der Waals surface area contributed by atoms with Crippen LogP contribution in [0.4, 0.5) is 10.1 Å². The molecule has 2 aromatic rings. The molecular formula is C21H29Cl2FN4O3S. The van der Waals surface area contributed by atoms with E-state index >= 15 is 0 Å². The monoisotopic (exact) mass is 506 g/mol. The summed E-state index contributed by atoms with van der Waals surface area (Å²) >= 11 is 1.43. The number of hydrogen-bond acceptors (Lipinski definition) is 6. The Morgan fingerprint density at radius 3 is 2.66 bits per heavy atom. The number of anilines is 1. The van der Waals surface area contributed by atoms with E-state index in [0.717, 1.165) is 41.9 Å². The van der Waals surface area contributed by atoms with Crippen molar-refractivity contribution in [3.63, 3.8) is 0 Å². The van der Waals surface area contributed by atoms with Gasteiger partial charge in [-0.1, -0.05) is 12.5 Å². The van der Waals surface area contributed by atoms with Crippen molar-refractivity contribution >= 4 is 53.7 Å². The molecule has 11 heteroatoms. The SMILES string of the molecule is Cc1ccc(NC(=O)C(=O)NC(c2nc(C)c(CCO)s2)C2CCCCN2)c(F)c1.Cl.Cl. The number of piperidine rings is 1. The Labute approximate surface area is 203 Å². The molecule has 1 aromatic carbocycles. The zero-order valence-corrected chi connectivity index (χ0v) is 20.4. The fourth-order valence-electron chi connectivity index (χ4n) is 3.52. The van der Waals surface area contributed by atoms with Gasteiger partial charge in [-0.2, -0.15) is 0 Å². The number of aliphatic hydroxyl groups is 1. The maximum absolute atomic E-state index is 14.0. The number of hydrogen-bond donors (Lipinski definition) is 4. The molecule has 0 radical (unpaired) electrons. The molecule has 3 rings (SSSR count). The topological polar surface area (TPSA) is 103 Å². The number of nitrogens with zero attached hydrogens (tertiary/aromatic N) is 1. The molecule has 1 aliphatic rings. The molecule has 1 fully saturated rings. The van der Waals surface area contributed by atoms with Crippen molar-refractivity contribution in [1.82, 2.24) is 15.6 Å². The molecule has 1 aromatic heterocycles. The van der Waals surface area contributed by atoms with Crippen LogP contribution >= 0.6 is 36.2 Å². The lowest BCUT2D eigenvalue weighted by molar-refractivity contribution is -0.136. The Hall–Kier alpha value is -1.78. The summed E-state index contributed by atoms with van der Waals surface area (Å²) < 4.78 is 14.0. The van der Waals surface area contributed by atoms with Crippen molar-refractivity contribution in [2.75, 3.05) is 18.5 Å². The summed E-state index contributed by atoms with van der Waals surface area (Å²) in [6, 6.07) is 3.85. The smallest absolute Gasteiger partial charge is 0.313 e. The molecule has 7 nitrogen and oxygen atoms in total. The Bertz CT molecular complexity index is 922. The number of amides is 2. The molecule has 2 heterocycles. The first kappa shape index (κ1) is 28.3. The number of rotatable bonds is 6. The Balaban J connectivity index is 0.00000256. The lowest BCUT2D eigenvalue weighted by Gasteiger charge is -2.30. The van der Waals surface area contributed by atoms with Crippen LogP contribution in [0.1, 0.15) is 46.4 Å². The lowest BCUT2D eigenvalue weighted by Crippen LogP contribution is -2.48. The van der Waals surface area contributed by atoms with Crippen molar-refractivity contribution in [3.8, 4) is 0 Å². The molecule has 0 saturated carbocycles. The Morgan fingerprint density at radius 1 is 1.28 bits per heavy atom. The fourth-order valence-corrected chi connectivity index (χ4v) is 4.69. The van der Waals surface area contributed by atoms with Crippen molar-refractivity contribution in [2.45, 2.75) is 51.6 Å². The van der Waals surface area contributed by atoms with Crippen LogP contribution in [0.15, 0.2) is 18.2 Å². The van der Waals surface area contributed by atoms with Crippen LogP contribution in [0.2, 0.25) is 0 Å². The minimum Gasteiger partial charge on any atom is -0.396 e. The highest BCUT2D eigenvalue weighted by molar-refractivity contribution is 7.11. The van der Waals surface area contributed by atoms with Gasteiger partial charge in [0.2, 0.25) is 0 Å². The van der Waals surface area contributed by atoms with Crippen LogP contribution in [0, 0.1) is 19.7 Å². The largest absolute Gasteiger partial charge is 0.396 e. The van der Waals surface area contributed by atoms with Gasteiger partial charge in [0.25, 0.3) is 0 Å². The van der Waals surface area contributed by atoms with Gasteiger partial charge in [-0.25, -0.2) is 9.37 Å². The van der Waals surface area contributed by atoms with Crippen LogP contribution in [0.3, 0.4) is 0 Å². The number of carbonyl (C=O) groups is 2. The van der Waals surface area contributed by atoms with E-state index in [1.165, 1.54) is 23.5 Å². The molecule has 178 valence electrons. The van der Waals surface area contributed by atoms with Crippen LogP contribution in [-0.4, -0.2) is 41.1 Å². The predicted octanol–water partition coefficient (Wildman–Crippen LogP) is 3.22. The summed E-state index contributed by atoms with van der Waals surface area (Å²) in [5.41, 5.74) is 1.49. The van der Waals surface area contributed by atoms with Crippen LogP contribution < -0.4 is 16.0 Å². The third-order valence-corrected chi connectivity index (χ3v) is 6.43. The number of aliphatic hydroxyl groups excluding tert-OH is 1. The summed E-state index contributed by atoms with van der Waals surface area (Å²) in [6.45, 7) is 4.45. The molecule has 2 amide bonds. The summed E-state index contributed by atoms with van der Waals surface area (Å²) in [5.74, 6) is -2.36. The second-order valence-corrected chi connectivity index (χ2v) is 8.59. The van der Waals surface area contributed by atoms with E-state index in [1.807, 2.05) is 6.92 Å². The van der Waals surface area contributed by atoms with E-state index < -0.39 is 23.7 Å². The highest BCUT2D eigenvalue weighted by Gasteiger charge is 2.31. The van der Waals surface area contributed by atoms with Gasteiger partial charge in [0.1, 0.15) is 10.8 Å². The van der Waals surface area contributed by atoms with Crippen molar-refractivity contribution in [1.29, 1.82) is 0 Å². The molecule has 4 N–H and O–H groups in total. The van der Waals surface area contributed by atoms with Crippen LogP contribution in [0.5, 0.6) is 0 Å². The summed E-state index contributed by atoms with van der Waals surface area (Å²) in [6.07, 6.45) is 3.40. The first-order valence-corrected chi connectivity index (χ1v) is 10.9. The van der Waals surface area contributed by atoms with E-state index in [4.69, 9.17) is 0 Å². The molecule has 32 heavy (non-hydrogen) atoms. The molecule has 2 atom stereocenters. The summed E-state index contributed by atoms with van der Waals surface area (Å²) in [7, 11) is 0. The van der Waals surface area contributed by atoms with Gasteiger partial charge in [-0.05, 0) is 50.9 Å². The number of thiazole rings is 1. The minimum atomic E-state index is -0.928. The van der Waals surface area contributed by atoms with Gasteiger partial charge in [-0.15, -0.1) is 36.2 Å². The number of benzene rings is 1. The quantitative estimate of drug-likeness (QED) is 0.450. The summed E-state index contributed by atoms with van der Waals surface area (Å²) in [4.78, 5) is 30.6. The van der Waals surface area contributed by atoms with E-state index in [-0.39, 0.29) is 43.2 Å². The number of aryl methyl sites for hydroxylation is 2. The Morgan fingerprint density at radius 2 is 2.03 bits per heavy atom. The average molecular weight is 507 g/mol. The highest BCUT2D eigenvalue weighted by Crippen LogP contribution is 2.29. The van der Waals surface area contributed by atoms with Gasteiger partial charge in [0.05, 0.1) is 17.4 Å². The second kappa shape index (κ2) is 13.1. The second-order valence-electron chi connectivity index (χ2n) is 7.48. The van der Waals surface area contributed by atoms with Gasteiger partial charge in [-0.3, -0.25) is 9.59 Å². The molecule has 2 unspecified atom stereocenters. The van der Waals surface area contributed by atoms with Gasteiger partial charge < -0.3 is 21.1 Å². The van der Waals surface area contributed by atoms with E-state index in [0.29, 0.717) is 11.4 Å². The predicted molar refractivity (Wildman–Crippen MR) is 128 cm³/mol. The fraction of sp³-hybridized carbons (Fsp3) is 0.476. The van der Waals surface area contributed by atoms with E-state index in [1.54, 1.807) is 13.0 Å². The standard InChI is InChI=1S/C21H27FN4O3S.2ClH/c1-12-6-7-15(14(22)11-12)25-19(28)20(29)26-18(16-5-3-4-9-23-16)21-24-13(2)17(30-21)8-10-27;;/h6-7,11,16,18,23,27H,3-5,8-10H2,1-2H3,(H,25,28)(H,26,29);2*1H. The van der Waals surface area contributed by atoms with E-state index in [2.05, 4.69) is 20.9 Å². The van der Waals surface area contributed by atoms with Crippen LogP contribution in [0.25, 0.3) is 0 Å². The molecule has 0 bridgehead atoms. The number of nitrogens with one attached hydrogen (secondary N) is 3. The number of aromatic nitrogens is 1. The first-order valence-electron chi connectivity index (χ1n) is 10.1. The highest BCUT2D eigenvalue weighted by atomic mass is 35.5. The lowest BCUT2D eigenvalue weighted by atomic mass is 9.98.